The van der Waals surface area contributed by atoms with Gasteiger partial charge in [-0.3, -0.25) is 0 Å². The molecule has 0 radical (unpaired) electrons. The van der Waals surface area contributed by atoms with Gasteiger partial charge in [0, 0.05) is 0 Å². The Labute approximate surface area is 83.8 Å². The van der Waals surface area contributed by atoms with Crippen LogP contribution in [0.5, 0.6) is 0 Å². The van der Waals surface area contributed by atoms with Crippen molar-refractivity contribution in [1.29, 1.82) is 0 Å². The molecule has 0 amide bonds. The standard InChI is InChI=1S/C8H20N2O4/c1-8(10,7(9)12)6-14-5-4-13-3-2-11/h7,11-12H,2-6,9-10H2,1H3. The molecule has 0 heterocycles. The Bertz CT molecular complexity index is 141. The third-order valence-corrected chi connectivity index (χ3v) is 1.70. The molecular formula is C8H20N2O4. The molecular weight excluding hydrogens is 188 g/mol. The third kappa shape index (κ3) is 6.25. The molecule has 0 aromatic rings. The number of hydrogen-bond donors (Lipinski definition) is 4. The smallest absolute Gasteiger partial charge is 0.122 e. The van der Waals surface area contributed by atoms with Crippen molar-refractivity contribution in [3.63, 3.8) is 0 Å². The minimum absolute atomic E-state index is 0.00385. The maximum absolute atomic E-state index is 9.03. The zero-order valence-electron chi connectivity index (χ0n) is 8.48. The van der Waals surface area contributed by atoms with E-state index in [9.17, 15) is 0 Å². The molecule has 0 saturated carbocycles. The molecule has 0 rings (SSSR count). The molecule has 6 heteroatoms. The van der Waals surface area contributed by atoms with E-state index in [0.717, 1.165) is 0 Å². The van der Waals surface area contributed by atoms with E-state index in [-0.39, 0.29) is 13.2 Å². The second kappa shape index (κ2) is 7.10. The first-order valence-corrected chi connectivity index (χ1v) is 4.49. The van der Waals surface area contributed by atoms with E-state index in [4.69, 9.17) is 31.2 Å². The van der Waals surface area contributed by atoms with Gasteiger partial charge in [0.1, 0.15) is 6.23 Å². The lowest BCUT2D eigenvalue weighted by atomic mass is 10.0. The van der Waals surface area contributed by atoms with E-state index < -0.39 is 11.8 Å². The van der Waals surface area contributed by atoms with Gasteiger partial charge in [0.25, 0.3) is 0 Å². The van der Waals surface area contributed by atoms with Crippen LogP contribution in [0.4, 0.5) is 0 Å². The highest BCUT2D eigenvalue weighted by Crippen LogP contribution is 2.02. The molecule has 0 aromatic carbocycles. The molecule has 6 N–H and O–H groups in total. The van der Waals surface area contributed by atoms with Gasteiger partial charge in [0.05, 0.1) is 38.6 Å². The number of ether oxygens (including phenoxy) is 2. The highest BCUT2D eigenvalue weighted by Gasteiger charge is 2.25. The van der Waals surface area contributed by atoms with Crippen LogP contribution in [0, 0.1) is 0 Å². The number of hydrogen-bond acceptors (Lipinski definition) is 6. The fraction of sp³-hybridized carbons (Fsp3) is 1.00. The quantitative estimate of drug-likeness (QED) is 0.271. The Balaban J connectivity index is 3.35. The number of aliphatic hydroxyl groups excluding tert-OH is 2. The summed E-state index contributed by atoms with van der Waals surface area (Å²) in [6, 6.07) is 0. The number of aliphatic hydroxyl groups is 2. The molecule has 0 aliphatic rings. The van der Waals surface area contributed by atoms with E-state index in [2.05, 4.69) is 0 Å². The predicted octanol–water partition coefficient (Wildman–Crippen LogP) is -1.99. The fourth-order valence-corrected chi connectivity index (χ4v) is 0.662. The minimum Gasteiger partial charge on any atom is -0.394 e. The van der Waals surface area contributed by atoms with E-state index in [1.54, 1.807) is 6.92 Å². The largest absolute Gasteiger partial charge is 0.394 e. The van der Waals surface area contributed by atoms with Crippen molar-refractivity contribution < 1.29 is 19.7 Å². The molecule has 0 fully saturated rings. The second-order valence-corrected chi connectivity index (χ2v) is 3.34. The fourth-order valence-electron chi connectivity index (χ4n) is 0.662. The summed E-state index contributed by atoms with van der Waals surface area (Å²) in [5, 5.41) is 17.4. The third-order valence-electron chi connectivity index (χ3n) is 1.70. The average molecular weight is 208 g/mol. The summed E-state index contributed by atoms with van der Waals surface area (Å²) < 4.78 is 10.1. The van der Waals surface area contributed by atoms with Crippen LogP contribution in [0.25, 0.3) is 0 Å². The Morgan fingerprint density at radius 1 is 1.29 bits per heavy atom. The number of nitrogens with two attached hydrogens (primary N) is 2. The van der Waals surface area contributed by atoms with Gasteiger partial charge >= 0.3 is 0 Å². The average Bonchev–Trinajstić information content (AvgIpc) is 2.10. The van der Waals surface area contributed by atoms with Crippen molar-refractivity contribution >= 4 is 0 Å². The maximum Gasteiger partial charge on any atom is 0.122 e. The summed E-state index contributed by atoms with van der Waals surface area (Å²) in [7, 11) is 0. The van der Waals surface area contributed by atoms with Crippen LogP contribution >= 0.6 is 0 Å². The molecule has 0 bridgehead atoms. The van der Waals surface area contributed by atoms with Crippen molar-refractivity contribution in [3.05, 3.63) is 0 Å². The SMILES string of the molecule is CC(N)(COCCOCCO)C(N)O. The summed E-state index contributed by atoms with van der Waals surface area (Å²) in [5.41, 5.74) is 9.89. The summed E-state index contributed by atoms with van der Waals surface area (Å²) in [4.78, 5) is 0. The van der Waals surface area contributed by atoms with E-state index in [1.165, 1.54) is 0 Å². The van der Waals surface area contributed by atoms with Crippen LogP contribution in [0.15, 0.2) is 0 Å². The molecule has 2 unspecified atom stereocenters. The van der Waals surface area contributed by atoms with Gasteiger partial charge in [-0.15, -0.1) is 0 Å². The lowest BCUT2D eigenvalue weighted by Crippen LogP contribution is -2.56. The zero-order chi connectivity index (χ0) is 11.0. The van der Waals surface area contributed by atoms with Crippen LogP contribution in [-0.2, 0) is 9.47 Å². The van der Waals surface area contributed by atoms with Crippen molar-refractivity contribution in [2.75, 3.05) is 33.0 Å². The van der Waals surface area contributed by atoms with E-state index in [0.29, 0.717) is 19.8 Å². The molecule has 0 spiro atoms. The highest BCUT2D eigenvalue weighted by molar-refractivity contribution is 4.82. The topological polar surface area (TPSA) is 111 Å². The van der Waals surface area contributed by atoms with Gasteiger partial charge in [0.15, 0.2) is 0 Å². The Morgan fingerprint density at radius 2 is 1.86 bits per heavy atom. The van der Waals surface area contributed by atoms with Gasteiger partial charge in [-0.25, -0.2) is 0 Å². The zero-order valence-corrected chi connectivity index (χ0v) is 8.48. The van der Waals surface area contributed by atoms with Crippen molar-refractivity contribution in [3.8, 4) is 0 Å². The first kappa shape index (κ1) is 13.8. The summed E-state index contributed by atoms with van der Waals surface area (Å²) in [5.74, 6) is 0. The molecule has 2 atom stereocenters. The lowest BCUT2D eigenvalue weighted by molar-refractivity contribution is -0.00906. The molecule has 0 saturated heterocycles. The molecule has 86 valence electrons. The van der Waals surface area contributed by atoms with Gasteiger partial charge in [-0.2, -0.15) is 0 Å². The molecule has 6 nitrogen and oxygen atoms in total. The first-order valence-electron chi connectivity index (χ1n) is 4.49. The van der Waals surface area contributed by atoms with Crippen LogP contribution in [-0.4, -0.2) is 55.0 Å². The van der Waals surface area contributed by atoms with Crippen LogP contribution in [0.2, 0.25) is 0 Å². The van der Waals surface area contributed by atoms with Gasteiger partial charge in [0.2, 0.25) is 0 Å². The Kier molecular flexibility index (Phi) is 6.98. The predicted molar refractivity (Wildman–Crippen MR) is 51.5 cm³/mol. The minimum atomic E-state index is -1.11. The second-order valence-electron chi connectivity index (χ2n) is 3.34. The highest BCUT2D eigenvalue weighted by atomic mass is 16.5. The van der Waals surface area contributed by atoms with Crippen molar-refractivity contribution in [2.45, 2.75) is 18.7 Å². The van der Waals surface area contributed by atoms with Gasteiger partial charge < -0.3 is 31.2 Å². The summed E-state index contributed by atoms with van der Waals surface area (Å²) in [6.07, 6.45) is -1.11. The van der Waals surface area contributed by atoms with Crippen molar-refractivity contribution in [1.82, 2.24) is 0 Å². The Hall–Kier alpha value is -0.240. The molecule has 0 aliphatic carbocycles. The van der Waals surface area contributed by atoms with Gasteiger partial charge in [-0.1, -0.05) is 0 Å². The summed E-state index contributed by atoms with van der Waals surface area (Å²) in [6.45, 7) is 2.80. The maximum atomic E-state index is 9.03. The van der Waals surface area contributed by atoms with Gasteiger partial charge in [-0.05, 0) is 6.92 Å². The molecule has 14 heavy (non-hydrogen) atoms. The monoisotopic (exact) mass is 208 g/mol. The Morgan fingerprint density at radius 3 is 2.36 bits per heavy atom. The van der Waals surface area contributed by atoms with E-state index in [1.807, 2.05) is 0 Å². The first-order chi connectivity index (χ1) is 6.50. The van der Waals surface area contributed by atoms with Crippen LogP contribution in [0.1, 0.15) is 6.92 Å². The van der Waals surface area contributed by atoms with E-state index >= 15 is 0 Å². The number of rotatable bonds is 8. The normalized spacial score (nSPS) is 17.8. The van der Waals surface area contributed by atoms with Crippen LogP contribution < -0.4 is 11.5 Å². The van der Waals surface area contributed by atoms with Crippen LogP contribution in [0.3, 0.4) is 0 Å². The molecule has 0 aromatic heterocycles. The lowest BCUT2D eigenvalue weighted by Gasteiger charge is -2.27. The van der Waals surface area contributed by atoms with Crippen molar-refractivity contribution in [2.24, 2.45) is 11.5 Å². The molecule has 0 aliphatic heterocycles. The summed E-state index contributed by atoms with van der Waals surface area (Å²) >= 11 is 0.